The summed E-state index contributed by atoms with van der Waals surface area (Å²) in [6.07, 6.45) is 0. The van der Waals surface area contributed by atoms with E-state index < -0.39 is 0 Å². The first-order valence-corrected chi connectivity index (χ1v) is 12.6. The molecular weight excluding hydrogens is 474 g/mol. The quantitative estimate of drug-likeness (QED) is 0.219. The topological polar surface area (TPSA) is 79.4 Å². The van der Waals surface area contributed by atoms with E-state index in [9.17, 15) is 4.79 Å². The predicted molar refractivity (Wildman–Crippen MR) is 139 cm³/mol. The normalized spacial score (nSPS) is 12.4. The van der Waals surface area contributed by atoms with E-state index >= 15 is 0 Å². The largest absolute Gasteiger partial charge is 0.454 e. The molecule has 0 N–H and O–H groups in total. The van der Waals surface area contributed by atoms with E-state index in [1.807, 2.05) is 68.4 Å². The number of thioether (sulfide) groups is 1. The Morgan fingerprint density at radius 2 is 1.78 bits per heavy atom. The summed E-state index contributed by atoms with van der Waals surface area (Å²) in [5.41, 5.74) is 5.31. The molecule has 0 aliphatic carbocycles. The fourth-order valence-electron chi connectivity index (χ4n) is 4.35. The van der Waals surface area contributed by atoms with E-state index in [2.05, 4.69) is 20.8 Å². The van der Waals surface area contributed by atoms with Crippen LogP contribution in [0.4, 0.5) is 0 Å². The van der Waals surface area contributed by atoms with Crippen molar-refractivity contribution in [2.24, 2.45) is 0 Å². The van der Waals surface area contributed by atoms with Gasteiger partial charge in [0.1, 0.15) is 5.58 Å². The Morgan fingerprint density at radius 1 is 0.944 bits per heavy atom. The molecule has 0 fully saturated rings. The zero-order valence-corrected chi connectivity index (χ0v) is 20.7. The Morgan fingerprint density at radius 3 is 2.64 bits per heavy atom. The van der Waals surface area contributed by atoms with Crippen LogP contribution in [0.1, 0.15) is 22.3 Å². The Kier molecular flexibility index (Phi) is 5.73. The smallest absolute Gasteiger partial charge is 0.336 e. The Hall–Kier alpha value is -4.04. The molecule has 2 aromatic heterocycles. The average molecular weight is 498 g/mol. The van der Waals surface area contributed by atoms with Gasteiger partial charge in [-0.1, -0.05) is 60.3 Å². The number of hydrogen-bond acceptors (Lipinski definition) is 7. The number of hydrogen-bond donors (Lipinski definition) is 0. The summed E-state index contributed by atoms with van der Waals surface area (Å²) in [5.74, 6) is 2.82. The molecule has 7 nitrogen and oxygen atoms in total. The van der Waals surface area contributed by atoms with E-state index in [0.29, 0.717) is 17.9 Å². The molecule has 0 spiro atoms. The van der Waals surface area contributed by atoms with E-state index in [1.165, 1.54) is 0 Å². The van der Waals surface area contributed by atoms with Crippen molar-refractivity contribution >= 4 is 22.7 Å². The lowest BCUT2D eigenvalue weighted by atomic mass is 10.0. The van der Waals surface area contributed by atoms with Gasteiger partial charge in [0.25, 0.3) is 0 Å². The van der Waals surface area contributed by atoms with Gasteiger partial charge in [-0.2, -0.15) is 0 Å². The summed E-state index contributed by atoms with van der Waals surface area (Å²) in [6, 6.07) is 21.6. The van der Waals surface area contributed by atoms with E-state index in [4.69, 9.17) is 13.9 Å². The van der Waals surface area contributed by atoms with Crippen molar-refractivity contribution in [1.29, 1.82) is 0 Å². The lowest BCUT2D eigenvalue weighted by Gasteiger charge is -2.12. The summed E-state index contributed by atoms with van der Waals surface area (Å²) >= 11 is 1.55. The molecule has 0 atom stereocenters. The van der Waals surface area contributed by atoms with Crippen LogP contribution in [0.3, 0.4) is 0 Å². The minimum absolute atomic E-state index is 0.236. The van der Waals surface area contributed by atoms with E-state index in [-0.39, 0.29) is 12.4 Å². The molecule has 0 amide bonds. The first-order valence-electron chi connectivity index (χ1n) is 11.6. The van der Waals surface area contributed by atoms with Crippen molar-refractivity contribution in [3.8, 4) is 22.9 Å². The van der Waals surface area contributed by atoms with Crippen LogP contribution in [0.2, 0.25) is 0 Å². The summed E-state index contributed by atoms with van der Waals surface area (Å²) in [4.78, 5) is 12.3. The standard InChI is InChI=1S/C28H23N3O4S/c1-17-8-10-22-21(13-25(32)35-26(22)18(17)2)15-36-28-30-29-27(20-6-4-3-5-7-20)31(28)14-19-9-11-23-24(12-19)34-16-33-23/h3-13H,14-16H2,1-2H3. The molecule has 36 heavy (non-hydrogen) atoms. The van der Waals surface area contributed by atoms with Crippen LogP contribution < -0.4 is 15.1 Å². The Labute approximate surface area is 211 Å². The lowest BCUT2D eigenvalue weighted by Crippen LogP contribution is -2.05. The van der Waals surface area contributed by atoms with Crippen molar-refractivity contribution in [1.82, 2.24) is 14.8 Å². The molecule has 180 valence electrons. The average Bonchev–Trinajstić information content (AvgIpc) is 3.52. The molecule has 3 heterocycles. The number of rotatable bonds is 6. The maximum Gasteiger partial charge on any atom is 0.336 e. The third-order valence-electron chi connectivity index (χ3n) is 6.40. The third kappa shape index (κ3) is 4.13. The summed E-state index contributed by atoms with van der Waals surface area (Å²) in [7, 11) is 0. The highest BCUT2D eigenvalue weighted by Gasteiger charge is 2.19. The van der Waals surface area contributed by atoms with Crippen LogP contribution in [0.5, 0.6) is 11.5 Å². The zero-order chi connectivity index (χ0) is 24.6. The highest BCUT2D eigenvalue weighted by molar-refractivity contribution is 7.98. The second-order valence-corrected chi connectivity index (χ2v) is 9.65. The molecule has 0 bridgehead atoms. The van der Waals surface area contributed by atoms with Gasteiger partial charge < -0.3 is 13.9 Å². The SMILES string of the molecule is Cc1ccc2c(CSc3nnc(-c4ccccc4)n3Cc3ccc4c(c3)OCO4)cc(=O)oc2c1C. The summed E-state index contributed by atoms with van der Waals surface area (Å²) in [6.45, 7) is 4.79. The van der Waals surface area contributed by atoms with Crippen LogP contribution >= 0.6 is 11.8 Å². The maximum atomic E-state index is 12.3. The van der Waals surface area contributed by atoms with Gasteiger partial charge >= 0.3 is 5.63 Å². The van der Waals surface area contributed by atoms with Crippen LogP contribution in [0.15, 0.2) is 81.1 Å². The van der Waals surface area contributed by atoms with Crippen LogP contribution in [0, 0.1) is 13.8 Å². The van der Waals surface area contributed by atoms with Gasteiger partial charge in [0, 0.05) is 22.8 Å². The molecule has 0 radical (unpaired) electrons. The number of benzene rings is 3. The maximum absolute atomic E-state index is 12.3. The first kappa shape index (κ1) is 22.4. The van der Waals surface area contributed by atoms with Crippen molar-refractivity contribution in [2.45, 2.75) is 31.3 Å². The van der Waals surface area contributed by atoms with Crippen molar-refractivity contribution in [3.05, 3.63) is 99.4 Å². The van der Waals surface area contributed by atoms with Gasteiger partial charge in [-0.15, -0.1) is 10.2 Å². The summed E-state index contributed by atoms with van der Waals surface area (Å²) in [5, 5.41) is 10.8. The van der Waals surface area contributed by atoms with Gasteiger partial charge in [-0.05, 0) is 48.2 Å². The van der Waals surface area contributed by atoms with Crippen molar-refractivity contribution < 1.29 is 13.9 Å². The number of ether oxygens (including phenoxy) is 2. The highest BCUT2D eigenvalue weighted by atomic mass is 32.2. The van der Waals surface area contributed by atoms with Crippen LogP contribution in [-0.4, -0.2) is 21.6 Å². The van der Waals surface area contributed by atoms with Gasteiger partial charge in [0.15, 0.2) is 22.5 Å². The number of aromatic nitrogens is 3. The first-order chi connectivity index (χ1) is 17.6. The van der Waals surface area contributed by atoms with Crippen LogP contribution in [0.25, 0.3) is 22.4 Å². The molecule has 3 aromatic carbocycles. The van der Waals surface area contributed by atoms with E-state index in [1.54, 1.807) is 17.8 Å². The fraction of sp³-hybridized carbons (Fsp3) is 0.179. The molecule has 6 rings (SSSR count). The Balaban J connectivity index is 1.37. The van der Waals surface area contributed by atoms with Gasteiger partial charge in [-0.25, -0.2) is 4.79 Å². The molecule has 0 saturated carbocycles. The number of nitrogens with zero attached hydrogens (tertiary/aromatic N) is 3. The van der Waals surface area contributed by atoms with Gasteiger partial charge in [0.2, 0.25) is 6.79 Å². The predicted octanol–water partition coefficient (Wildman–Crippen LogP) is 5.74. The summed E-state index contributed by atoms with van der Waals surface area (Å²) < 4.78 is 18.7. The second-order valence-electron chi connectivity index (χ2n) is 8.71. The minimum Gasteiger partial charge on any atom is -0.454 e. The van der Waals surface area contributed by atoms with Crippen molar-refractivity contribution in [2.75, 3.05) is 6.79 Å². The third-order valence-corrected chi connectivity index (χ3v) is 7.42. The number of fused-ring (bicyclic) bond motifs is 2. The molecule has 0 unspecified atom stereocenters. The minimum atomic E-state index is -0.349. The van der Waals surface area contributed by atoms with Crippen molar-refractivity contribution in [3.63, 3.8) is 0 Å². The molecule has 8 heteroatoms. The molecule has 1 aliphatic heterocycles. The van der Waals surface area contributed by atoms with E-state index in [0.717, 1.165) is 55.7 Å². The van der Waals surface area contributed by atoms with Gasteiger partial charge in [0.05, 0.1) is 6.54 Å². The molecule has 1 aliphatic rings. The Bertz CT molecular complexity index is 1640. The highest BCUT2D eigenvalue weighted by Crippen LogP contribution is 2.34. The second kappa shape index (κ2) is 9.20. The monoisotopic (exact) mass is 497 g/mol. The van der Waals surface area contributed by atoms with Gasteiger partial charge in [-0.3, -0.25) is 4.57 Å². The van der Waals surface area contributed by atoms with Crippen LogP contribution in [-0.2, 0) is 12.3 Å². The molecule has 5 aromatic rings. The molecule has 0 saturated heterocycles. The zero-order valence-electron chi connectivity index (χ0n) is 19.9. The lowest BCUT2D eigenvalue weighted by molar-refractivity contribution is 0.174. The molecular formula is C28H23N3O4S. The number of aryl methyl sites for hydroxylation is 2. The fourth-order valence-corrected chi connectivity index (χ4v) is 5.28.